The maximum absolute atomic E-state index is 13.5. The van der Waals surface area contributed by atoms with Crippen LogP contribution in [0, 0.1) is 11.7 Å². The third-order valence-electron chi connectivity index (χ3n) is 3.76. The molecular formula is C17H26FN3O2. The Kier molecular flexibility index (Phi) is 7.83. The van der Waals surface area contributed by atoms with E-state index in [4.69, 9.17) is 9.47 Å². The van der Waals surface area contributed by atoms with E-state index in [0.29, 0.717) is 30.6 Å². The van der Waals surface area contributed by atoms with Crippen LogP contribution in [0.1, 0.15) is 18.4 Å². The molecule has 6 heteroatoms. The van der Waals surface area contributed by atoms with E-state index < -0.39 is 0 Å². The number of halogens is 1. The minimum Gasteiger partial charge on any atom is -0.381 e. The van der Waals surface area contributed by atoms with Gasteiger partial charge >= 0.3 is 0 Å². The molecular weight excluding hydrogens is 297 g/mol. The number of hydrogen-bond donors (Lipinski definition) is 2. The molecule has 5 nitrogen and oxygen atoms in total. The summed E-state index contributed by atoms with van der Waals surface area (Å²) in [5.74, 6) is 1.01. The van der Waals surface area contributed by atoms with Crippen LogP contribution in [-0.2, 0) is 16.0 Å². The number of rotatable bonds is 8. The van der Waals surface area contributed by atoms with Crippen molar-refractivity contribution in [3.05, 3.63) is 35.6 Å². The van der Waals surface area contributed by atoms with Crippen LogP contribution in [-0.4, -0.2) is 46.0 Å². The molecule has 23 heavy (non-hydrogen) atoms. The van der Waals surface area contributed by atoms with Crippen LogP contribution in [0.5, 0.6) is 0 Å². The van der Waals surface area contributed by atoms with E-state index in [9.17, 15) is 4.39 Å². The molecule has 0 bridgehead atoms. The Bertz CT molecular complexity index is 490. The molecule has 1 unspecified atom stereocenters. The zero-order valence-electron chi connectivity index (χ0n) is 13.7. The van der Waals surface area contributed by atoms with Crippen molar-refractivity contribution >= 4 is 5.96 Å². The van der Waals surface area contributed by atoms with Crippen LogP contribution in [0.15, 0.2) is 29.3 Å². The monoisotopic (exact) mass is 323 g/mol. The minimum absolute atomic E-state index is 0.209. The fourth-order valence-electron chi connectivity index (χ4n) is 2.39. The van der Waals surface area contributed by atoms with Crippen LogP contribution in [0.25, 0.3) is 0 Å². The molecule has 1 aromatic rings. The summed E-state index contributed by atoms with van der Waals surface area (Å²) < 4.78 is 24.5. The van der Waals surface area contributed by atoms with Gasteiger partial charge in [-0.3, -0.25) is 4.99 Å². The van der Waals surface area contributed by atoms with Gasteiger partial charge in [-0.1, -0.05) is 18.2 Å². The van der Waals surface area contributed by atoms with Crippen LogP contribution in [0.3, 0.4) is 0 Å². The lowest BCUT2D eigenvalue weighted by atomic mass is 10.1. The lowest BCUT2D eigenvalue weighted by Gasteiger charge is -2.13. The van der Waals surface area contributed by atoms with Crippen LogP contribution < -0.4 is 10.6 Å². The van der Waals surface area contributed by atoms with E-state index in [1.165, 1.54) is 6.07 Å². The molecule has 1 heterocycles. The summed E-state index contributed by atoms with van der Waals surface area (Å²) in [7, 11) is 1.70. The second kappa shape index (κ2) is 10.2. The third-order valence-corrected chi connectivity index (χ3v) is 3.76. The SMILES string of the molecule is CN=C(NCCCOCC1CCOC1)NCc1ccccc1F. The molecule has 1 saturated heterocycles. The van der Waals surface area contributed by atoms with Crippen molar-refractivity contribution in [3.8, 4) is 0 Å². The van der Waals surface area contributed by atoms with Gasteiger partial charge in [-0.25, -0.2) is 4.39 Å². The zero-order chi connectivity index (χ0) is 16.3. The molecule has 128 valence electrons. The quantitative estimate of drug-likeness (QED) is 0.436. The molecule has 1 fully saturated rings. The topological polar surface area (TPSA) is 54.9 Å². The second-order valence-electron chi connectivity index (χ2n) is 5.60. The number of aliphatic imine (C=N–C) groups is 1. The Morgan fingerprint density at radius 1 is 1.39 bits per heavy atom. The van der Waals surface area contributed by atoms with Crippen LogP contribution >= 0.6 is 0 Å². The van der Waals surface area contributed by atoms with Gasteiger partial charge in [-0.15, -0.1) is 0 Å². The molecule has 1 aliphatic heterocycles. The lowest BCUT2D eigenvalue weighted by Crippen LogP contribution is -2.37. The molecule has 2 rings (SSSR count). The molecule has 1 aromatic carbocycles. The highest BCUT2D eigenvalue weighted by molar-refractivity contribution is 5.79. The average molecular weight is 323 g/mol. The molecule has 0 radical (unpaired) electrons. The largest absolute Gasteiger partial charge is 0.381 e. The molecule has 0 aromatic heterocycles. The number of benzene rings is 1. The lowest BCUT2D eigenvalue weighted by molar-refractivity contribution is 0.0888. The number of guanidine groups is 1. The molecule has 2 N–H and O–H groups in total. The van der Waals surface area contributed by atoms with Gasteiger partial charge in [0.15, 0.2) is 5.96 Å². The van der Waals surface area contributed by atoms with Crippen LogP contribution in [0.2, 0.25) is 0 Å². The molecule has 0 spiro atoms. The molecule has 0 amide bonds. The summed E-state index contributed by atoms with van der Waals surface area (Å²) in [5.41, 5.74) is 0.623. The van der Waals surface area contributed by atoms with Crippen molar-refractivity contribution in [2.24, 2.45) is 10.9 Å². The van der Waals surface area contributed by atoms with Gasteiger partial charge < -0.3 is 20.1 Å². The normalized spacial score (nSPS) is 18.2. The first-order chi connectivity index (χ1) is 11.3. The van der Waals surface area contributed by atoms with E-state index in [0.717, 1.165) is 39.2 Å². The van der Waals surface area contributed by atoms with E-state index >= 15 is 0 Å². The maximum atomic E-state index is 13.5. The van der Waals surface area contributed by atoms with Gasteiger partial charge in [-0.2, -0.15) is 0 Å². The fraction of sp³-hybridized carbons (Fsp3) is 0.588. The molecule has 0 aliphatic carbocycles. The van der Waals surface area contributed by atoms with Crippen molar-refractivity contribution in [2.45, 2.75) is 19.4 Å². The number of ether oxygens (including phenoxy) is 2. The summed E-state index contributed by atoms with van der Waals surface area (Å²) in [6, 6.07) is 6.72. The average Bonchev–Trinajstić information content (AvgIpc) is 3.08. The predicted molar refractivity (Wildman–Crippen MR) is 89.0 cm³/mol. The standard InChI is InChI=1S/C17H26FN3O2/c1-19-17(21-11-15-5-2-3-6-16(15)18)20-8-4-9-22-12-14-7-10-23-13-14/h2-3,5-6,14H,4,7-13H2,1H3,(H2,19,20,21). The number of nitrogens with one attached hydrogen (secondary N) is 2. The van der Waals surface area contributed by atoms with Gasteiger partial charge in [0.05, 0.1) is 13.2 Å². The maximum Gasteiger partial charge on any atom is 0.191 e. The highest BCUT2D eigenvalue weighted by Gasteiger charge is 2.15. The van der Waals surface area contributed by atoms with Gasteiger partial charge in [0, 0.05) is 44.8 Å². The number of nitrogens with zero attached hydrogens (tertiary/aromatic N) is 1. The summed E-state index contributed by atoms with van der Waals surface area (Å²) in [6.07, 6.45) is 2.00. The van der Waals surface area contributed by atoms with Crippen LogP contribution in [0.4, 0.5) is 4.39 Å². The van der Waals surface area contributed by atoms with Crippen molar-refractivity contribution in [1.82, 2.24) is 10.6 Å². The first-order valence-electron chi connectivity index (χ1n) is 8.13. The second-order valence-corrected chi connectivity index (χ2v) is 5.60. The molecule has 1 atom stereocenters. The van der Waals surface area contributed by atoms with Gasteiger partial charge in [-0.05, 0) is 18.9 Å². The summed E-state index contributed by atoms with van der Waals surface area (Å²) in [4.78, 5) is 4.13. The number of hydrogen-bond acceptors (Lipinski definition) is 3. The van der Waals surface area contributed by atoms with E-state index in [-0.39, 0.29) is 5.82 Å². The minimum atomic E-state index is -0.209. The summed E-state index contributed by atoms with van der Waals surface area (Å²) >= 11 is 0. The van der Waals surface area contributed by atoms with Gasteiger partial charge in [0.1, 0.15) is 5.82 Å². The summed E-state index contributed by atoms with van der Waals surface area (Å²) in [6.45, 7) is 4.35. The highest BCUT2D eigenvalue weighted by atomic mass is 19.1. The molecule has 1 aliphatic rings. The Balaban J connectivity index is 1.55. The van der Waals surface area contributed by atoms with E-state index in [1.54, 1.807) is 19.2 Å². The first kappa shape index (κ1) is 17.7. The highest BCUT2D eigenvalue weighted by Crippen LogP contribution is 2.12. The summed E-state index contributed by atoms with van der Waals surface area (Å²) in [5, 5.41) is 6.30. The Morgan fingerprint density at radius 2 is 2.26 bits per heavy atom. The van der Waals surface area contributed by atoms with Crippen molar-refractivity contribution in [1.29, 1.82) is 0 Å². The Labute approximate surface area is 137 Å². The van der Waals surface area contributed by atoms with Gasteiger partial charge in [0.2, 0.25) is 0 Å². The van der Waals surface area contributed by atoms with Crippen molar-refractivity contribution < 1.29 is 13.9 Å². The van der Waals surface area contributed by atoms with E-state index in [2.05, 4.69) is 15.6 Å². The Morgan fingerprint density at radius 3 is 3.00 bits per heavy atom. The Hall–Kier alpha value is -1.66. The first-order valence-corrected chi connectivity index (χ1v) is 8.13. The third kappa shape index (κ3) is 6.54. The van der Waals surface area contributed by atoms with Gasteiger partial charge in [0.25, 0.3) is 0 Å². The van der Waals surface area contributed by atoms with Crippen molar-refractivity contribution in [3.63, 3.8) is 0 Å². The predicted octanol–water partition coefficient (Wildman–Crippen LogP) is 1.93. The fourth-order valence-corrected chi connectivity index (χ4v) is 2.39. The molecule has 0 saturated carbocycles. The smallest absolute Gasteiger partial charge is 0.191 e. The van der Waals surface area contributed by atoms with E-state index in [1.807, 2.05) is 6.07 Å². The van der Waals surface area contributed by atoms with Crippen molar-refractivity contribution in [2.75, 3.05) is 40.0 Å². The zero-order valence-corrected chi connectivity index (χ0v) is 13.7.